The highest BCUT2D eigenvalue weighted by molar-refractivity contribution is 5.97. The third kappa shape index (κ3) is 6.47. The molecule has 142 valence electrons. The van der Waals surface area contributed by atoms with Crippen LogP contribution in [0.4, 0.5) is 11.4 Å². The summed E-state index contributed by atoms with van der Waals surface area (Å²) in [7, 11) is 0. The lowest BCUT2D eigenvalue weighted by molar-refractivity contribution is -0.127. The van der Waals surface area contributed by atoms with E-state index in [1.54, 1.807) is 29.2 Å². The molecule has 1 aliphatic heterocycles. The van der Waals surface area contributed by atoms with Crippen molar-refractivity contribution in [2.24, 2.45) is 0 Å². The van der Waals surface area contributed by atoms with Crippen molar-refractivity contribution in [3.8, 4) is 6.07 Å². The molecule has 1 heterocycles. The Morgan fingerprint density at radius 3 is 2.78 bits per heavy atom. The standard InChI is InChI=1S/C19H23N5O3/c1-14(25)23-17-6-2-5-16(11-17)22-13-15(12-20)19(27)21-8-4-10-24-9-3-7-18(24)26/h2,5-6,11,13,22H,3-4,7-10H2,1H3,(H,21,27)(H,23,25)/b15-13-. The van der Waals surface area contributed by atoms with Crippen LogP contribution < -0.4 is 16.0 Å². The van der Waals surface area contributed by atoms with Crippen molar-refractivity contribution in [3.05, 3.63) is 36.0 Å². The van der Waals surface area contributed by atoms with Gasteiger partial charge in [0, 0.05) is 50.6 Å². The zero-order valence-corrected chi connectivity index (χ0v) is 15.2. The van der Waals surface area contributed by atoms with Crippen molar-refractivity contribution in [2.75, 3.05) is 30.3 Å². The molecule has 0 unspecified atom stereocenters. The van der Waals surface area contributed by atoms with E-state index in [1.807, 2.05) is 6.07 Å². The first-order valence-electron chi connectivity index (χ1n) is 8.80. The zero-order valence-electron chi connectivity index (χ0n) is 15.2. The van der Waals surface area contributed by atoms with Gasteiger partial charge >= 0.3 is 0 Å². The molecule has 1 fully saturated rings. The molecule has 3 N–H and O–H groups in total. The van der Waals surface area contributed by atoms with Crippen molar-refractivity contribution in [1.29, 1.82) is 5.26 Å². The highest BCUT2D eigenvalue weighted by Crippen LogP contribution is 2.15. The van der Waals surface area contributed by atoms with Crippen LogP contribution in [0.2, 0.25) is 0 Å². The van der Waals surface area contributed by atoms with Crippen LogP contribution in [-0.2, 0) is 14.4 Å². The molecule has 0 atom stereocenters. The second kappa shape index (κ2) is 9.97. The minimum absolute atomic E-state index is 0.0582. The Morgan fingerprint density at radius 1 is 1.33 bits per heavy atom. The van der Waals surface area contributed by atoms with Gasteiger partial charge in [0.15, 0.2) is 0 Å². The van der Waals surface area contributed by atoms with Gasteiger partial charge in [-0.1, -0.05) is 6.07 Å². The smallest absolute Gasteiger partial charge is 0.263 e. The van der Waals surface area contributed by atoms with Crippen LogP contribution >= 0.6 is 0 Å². The Labute approximate surface area is 158 Å². The lowest BCUT2D eigenvalue weighted by Gasteiger charge is -2.15. The Hall–Kier alpha value is -3.34. The molecule has 0 bridgehead atoms. The molecule has 1 saturated heterocycles. The molecule has 0 aliphatic carbocycles. The van der Waals surface area contributed by atoms with Crippen molar-refractivity contribution in [1.82, 2.24) is 10.2 Å². The van der Waals surface area contributed by atoms with E-state index in [4.69, 9.17) is 0 Å². The van der Waals surface area contributed by atoms with Gasteiger partial charge in [0.05, 0.1) is 0 Å². The fraction of sp³-hybridized carbons (Fsp3) is 0.368. The largest absolute Gasteiger partial charge is 0.360 e. The number of hydrogen-bond donors (Lipinski definition) is 3. The molecule has 0 aromatic heterocycles. The van der Waals surface area contributed by atoms with Crippen molar-refractivity contribution in [3.63, 3.8) is 0 Å². The highest BCUT2D eigenvalue weighted by Gasteiger charge is 2.19. The topological polar surface area (TPSA) is 114 Å². The number of likely N-dealkylation sites (tertiary alicyclic amines) is 1. The first kappa shape index (κ1) is 20.0. The Kier molecular flexibility index (Phi) is 7.37. The number of benzene rings is 1. The number of nitrogens with one attached hydrogen (secondary N) is 3. The molecule has 0 radical (unpaired) electrons. The van der Waals surface area contributed by atoms with E-state index < -0.39 is 5.91 Å². The summed E-state index contributed by atoms with van der Waals surface area (Å²) in [6.07, 6.45) is 3.46. The molecule has 1 aliphatic rings. The summed E-state index contributed by atoms with van der Waals surface area (Å²) in [5.41, 5.74) is 1.19. The van der Waals surface area contributed by atoms with Gasteiger partial charge in [-0.15, -0.1) is 0 Å². The molecule has 2 rings (SSSR count). The van der Waals surface area contributed by atoms with Crippen molar-refractivity contribution in [2.45, 2.75) is 26.2 Å². The SMILES string of the molecule is CC(=O)Nc1cccc(N/C=C(/C#N)C(=O)NCCCN2CCCC2=O)c1. The number of nitrogens with zero attached hydrogens (tertiary/aromatic N) is 2. The maximum absolute atomic E-state index is 12.1. The second-order valence-corrected chi connectivity index (χ2v) is 6.17. The molecule has 8 nitrogen and oxygen atoms in total. The van der Waals surface area contributed by atoms with Gasteiger partial charge in [-0.3, -0.25) is 14.4 Å². The summed E-state index contributed by atoms with van der Waals surface area (Å²) in [4.78, 5) is 36.5. The second-order valence-electron chi connectivity index (χ2n) is 6.17. The summed E-state index contributed by atoms with van der Waals surface area (Å²) in [6, 6.07) is 8.78. The van der Waals surface area contributed by atoms with Crippen LogP contribution in [0.5, 0.6) is 0 Å². The van der Waals surface area contributed by atoms with Gasteiger partial charge in [0.1, 0.15) is 11.6 Å². The summed E-state index contributed by atoms with van der Waals surface area (Å²) >= 11 is 0. The zero-order chi connectivity index (χ0) is 19.6. The van der Waals surface area contributed by atoms with Crippen LogP contribution in [0, 0.1) is 11.3 Å². The average molecular weight is 369 g/mol. The van der Waals surface area contributed by atoms with Crippen LogP contribution in [0.15, 0.2) is 36.0 Å². The number of carbonyl (C=O) groups excluding carboxylic acids is 3. The molecule has 3 amide bonds. The van der Waals surface area contributed by atoms with Gasteiger partial charge in [0.25, 0.3) is 5.91 Å². The van der Waals surface area contributed by atoms with Gasteiger partial charge in [-0.25, -0.2) is 0 Å². The van der Waals surface area contributed by atoms with Crippen molar-refractivity contribution >= 4 is 29.1 Å². The normalized spacial score (nSPS) is 13.9. The van der Waals surface area contributed by atoms with Crippen LogP contribution in [-0.4, -0.2) is 42.3 Å². The van der Waals surface area contributed by atoms with Gasteiger partial charge in [0.2, 0.25) is 11.8 Å². The molecule has 27 heavy (non-hydrogen) atoms. The third-order valence-corrected chi connectivity index (χ3v) is 3.99. The molecule has 8 heteroatoms. The van der Waals surface area contributed by atoms with Crippen LogP contribution in [0.1, 0.15) is 26.2 Å². The molecule has 1 aromatic rings. The molecule has 0 saturated carbocycles. The van der Waals surface area contributed by atoms with E-state index in [0.29, 0.717) is 37.3 Å². The maximum Gasteiger partial charge on any atom is 0.263 e. The van der Waals surface area contributed by atoms with Gasteiger partial charge in [-0.05, 0) is 31.0 Å². The first-order valence-corrected chi connectivity index (χ1v) is 8.80. The number of amides is 3. The molecule has 0 spiro atoms. The average Bonchev–Trinajstić information content (AvgIpc) is 3.04. The summed E-state index contributed by atoms with van der Waals surface area (Å²) in [6.45, 7) is 3.19. The third-order valence-electron chi connectivity index (χ3n) is 3.99. The first-order chi connectivity index (χ1) is 13.0. The molecule has 1 aromatic carbocycles. The maximum atomic E-state index is 12.1. The number of nitriles is 1. The fourth-order valence-electron chi connectivity index (χ4n) is 2.70. The quantitative estimate of drug-likeness (QED) is 0.366. The van der Waals surface area contributed by atoms with E-state index in [0.717, 1.165) is 13.0 Å². The number of carbonyl (C=O) groups is 3. The molecular formula is C19H23N5O3. The monoisotopic (exact) mass is 369 g/mol. The number of rotatable bonds is 8. The number of hydrogen-bond acceptors (Lipinski definition) is 5. The fourth-order valence-corrected chi connectivity index (χ4v) is 2.70. The summed E-state index contributed by atoms with van der Waals surface area (Å²) in [5, 5.41) is 17.4. The van der Waals surface area contributed by atoms with E-state index >= 15 is 0 Å². The Morgan fingerprint density at radius 2 is 2.11 bits per heavy atom. The highest BCUT2D eigenvalue weighted by atomic mass is 16.2. The van der Waals surface area contributed by atoms with Crippen LogP contribution in [0.25, 0.3) is 0 Å². The van der Waals surface area contributed by atoms with Crippen molar-refractivity contribution < 1.29 is 14.4 Å². The lowest BCUT2D eigenvalue weighted by atomic mass is 10.2. The predicted octanol–water partition coefficient (Wildman–Crippen LogP) is 1.59. The summed E-state index contributed by atoms with van der Waals surface area (Å²) < 4.78 is 0. The van der Waals surface area contributed by atoms with E-state index in [-0.39, 0.29) is 17.4 Å². The number of anilines is 2. The Bertz CT molecular complexity index is 782. The van der Waals surface area contributed by atoms with Gasteiger partial charge < -0.3 is 20.9 Å². The molecular weight excluding hydrogens is 346 g/mol. The van der Waals surface area contributed by atoms with Crippen LogP contribution in [0.3, 0.4) is 0 Å². The van der Waals surface area contributed by atoms with E-state index in [1.165, 1.54) is 13.1 Å². The summed E-state index contributed by atoms with van der Waals surface area (Å²) in [5.74, 6) is -0.504. The van der Waals surface area contributed by atoms with E-state index in [2.05, 4.69) is 16.0 Å². The van der Waals surface area contributed by atoms with E-state index in [9.17, 15) is 19.6 Å². The predicted molar refractivity (Wildman–Crippen MR) is 102 cm³/mol. The lowest BCUT2D eigenvalue weighted by Crippen LogP contribution is -2.31. The minimum Gasteiger partial charge on any atom is -0.360 e. The minimum atomic E-state index is -0.476. The van der Waals surface area contributed by atoms with Gasteiger partial charge in [-0.2, -0.15) is 5.26 Å². The Balaban J connectivity index is 1.82.